The van der Waals surface area contributed by atoms with E-state index in [1.54, 1.807) is 12.1 Å². The van der Waals surface area contributed by atoms with Crippen LogP contribution in [0.25, 0.3) is 11.1 Å². The molecule has 0 radical (unpaired) electrons. The van der Waals surface area contributed by atoms with E-state index in [9.17, 15) is 0 Å². The predicted octanol–water partition coefficient (Wildman–Crippen LogP) is 4.22. The van der Waals surface area contributed by atoms with Gasteiger partial charge in [0, 0.05) is 21.9 Å². The van der Waals surface area contributed by atoms with Crippen molar-refractivity contribution in [2.75, 3.05) is 11.1 Å². The van der Waals surface area contributed by atoms with Crippen molar-refractivity contribution in [3.8, 4) is 0 Å². The lowest BCUT2D eigenvalue weighted by Crippen LogP contribution is -1.90. The van der Waals surface area contributed by atoms with E-state index >= 15 is 0 Å². The van der Waals surface area contributed by atoms with Crippen LogP contribution in [0.2, 0.25) is 0 Å². The summed E-state index contributed by atoms with van der Waals surface area (Å²) in [5.41, 5.74) is 9.91. The Morgan fingerprint density at radius 2 is 2.05 bits per heavy atom. The third-order valence-corrected chi connectivity index (χ3v) is 3.71. The van der Waals surface area contributed by atoms with Crippen LogP contribution < -0.4 is 11.1 Å². The minimum Gasteiger partial charge on any atom is -0.423 e. The maximum atomic E-state index is 5.71. The first-order valence-electron chi connectivity index (χ1n) is 5.81. The van der Waals surface area contributed by atoms with Gasteiger partial charge in [0.25, 0.3) is 6.01 Å². The normalized spacial score (nSPS) is 10.8. The van der Waals surface area contributed by atoms with Crippen LogP contribution in [-0.2, 0) is 0 Å². The van der Waals surface area contributed by atoms with Crippen LogP contribution in [-0.4, -0.2) is 4.98 Å². The van der Waals surface area contributed by atoms with Gasteiger partial charge in [-0.05, 0) is 42.8 Å². The summed E-state index contributed by atoms with van der Waals surface area (Å²) < 4.78 is 6.68. The average Bonchev–Trinajstić information content (AvgIpc) is 2.75. The van der Waals surface area contributed by atoms with Gasteiger partial charge in [0.1, 0.15) is 5.52 Å². The van der Waals surface area contributed by atoms with Crippen LogP contribution in [0.4, 0.5) is 17.4 Å². The molecular formula is C14H12BrN3O. The Kier molecular flexibility index (Phi) is 2.91. The van der Waals surface area contributed by atoms with Crippen LogP contribution >= 0.6 is 15.9 Å². The lowest BCUT2D eigenvalue weighted by Gasteiger charge is -2.03. The number of rotatable bonds is 2. The number of anilines is 3. The minimum absolute atomic E-state index is 0.460. The SMILES string of the molecule is Cc1cc(Nc2nc3ccc(N)cc3o2)ccc1Br. The molecule has 0 saturated heterocycles. The van der Waals surface area contributed by atoms with Gasteiger partial charge >= 0.3 is 0 Å². The molecule has 0 aliphatic heterocycles. The highest BCUT2D eigenvalue weighted by atomic mass is 79.9. The van der Waals surface area contributed by atoms with Crippen LogP contribution in [0.3, 0.4) is 0 Å². The number of hydrogen-bond donors (Lipinski definition) is 2. The third kappa shape index (κ3) is 2.42. The van der Waals surface area contributed by atoms with Crippen molar-refractivity contribution in [1.29, 1.82) is 0 Å². The van der Waals surface area contributed by atoms with Crippen LogP contribution in [0.15, 0.2) is 45.3 Å². The zero-order valence-electron chi connectivity index (χ0n) is 10.3. The molecule has 0 bridgehead atoms. The summed E-state index contributed by atoms with van der Waals surface area (Å²) in [7, 11) is 0. The summed E-state index contributed by atoms with van der Waals surface area (Å²) >= 11 is 3.47. The number of nitrogens with two attached hydrogens (primary N) is 1. The molecule has 0 amide bonds. The van der Waals surface area contributed by atoms with Gasteiger partial charge in [0.15, 0.2) is 5.58 Å². The number of benzene rings is 2. The number of hydrogen-bond acceptors (Lipinski definition) is 4. The first kappa shape index (κ1) is 12.0. The zero-order chi connectivity index (χ0) is 13.4. The van der Waals surface area contributed by atoms with Crippen molar-refractivity contribution in [2.45, 2.75) is 6.92 Å². The van der Waals surface area contributed by atoms with E-state index in [2.05, 4.69) is 26.2 Å². The van der Waals surface area contributed by atoms with Crippen LogP contribution in [0, 0.1) is 6.92 Å². The summed E-state index contributed by atoms with van der Waals surface area (Å²) in [6.07, 6.45) is 0. The summed E-state index contributed by atoms with van der Waals surface area (Å²) in [5, 5.41) is 3.14. The fourth-order valence-corrected chi connectivity index (χ4v) is 2.09. The van der Waals surface area contributed by atoms with Crippen molar-refractivity contribution < 1.29 is 4.42 Å². The largest absolute Gasteiger partial charge is 0.423 e. The molecule has 0 saturated carbocycles. The highest BCUT2D eigenvalue weighted by molar-refractivity contribution is 9.10. The van der Waals surface area contributed by atoms with Gasteiger partial charge in [-0.1, -0.05) is 15.9 Å². The highest BCUT2D eigenvalue weighted by Crippen LogP contribution is 2.26. The molecule has 5 heteroatoms. The Morgan fingerprint density at radius 1 is 1.21 bits per heavy atom. The van der Waals surface area contributed by atoms with Crippen LogP contribution in [0.5, 0.6) is 0 Å². The Balaban J connectivity index is 1.94. The minimum atomic E-state index is 0.460. The molecule has 1 heterocycles. The van der Waals surface area contributed by atoms with Crippen molar-refractivity contribution in [2.24, 2.45) is 0 Å². The number of halogens is 1. The zero-order valence-corrected chi connectivity index (χ0v) is 11.9. The Labute approximate surface area is 118 Å². The Morgan fingerprint density at radius 3 is 2.84 bits per heavy atom. The number of nitrogens with zero attached hydrogens (tertiary/aromatic N) is 1. The topological polar surface area (TPSA) is 64.1 Å². The maximum Gasteiger partial charge on any atom is 0.300 e. The summed E-state index contributed by atoms with van der Waals surface area (Å²) in [4.78, 5) is 4.36. The van der Waals surface area contributed by atoms with E-state index in [0.717, 1.165) is 21.2 Å². The van der Waals surface area contributed by atoms with Crippen molar-refractivity contribution in [3.05, 3.63) is 46.4 Å². The van der Waals surface area contributed by atoms with Crippen molar-refractivity contribution in [3.63, 3.8) is 0 Å². The average molecular weight is 318 g/mol. The second kappa shape index (κ2) is 4.59. The van der Waals surface area contributed by atoms with Gasteiger partial charge in [-0.25, -0.2) is 0 Å². The van der Waals surface area contributed by atoms with Crippen molar-refractivity contribution in [1.82, 2.24) is 4.98 Å². The first-order chi connectivity index (χ1) is 9.11. The molecule has 0 fully saturated rings. The second-order valence-corrected chi connectivity index (χ2v) is 5.19. The lowest BCUT2D eigenvalue weighted by molar-refractivity contribution is 0.623. The molecule has 0 spiro atoms. The monoisotopic (exact) mass is 317 g/mol. The van der Waals surface area contributed by atoms with E-state index in [4.69, 9.17) is 10.2 Å². The second-order valence-electron chi connectivity index (χ2n) is 4.34. The molecule has 4 nitrogen and oxygen atoms in total. The maximum absolute atomic E-state index is 5.71. The standard InChI is InChI=1S/C14H12BrN3O/c1-8-6-10(3-4-11(8)15)17-14-18-12-5-2-9(16)7-13(12)19-14/h2-7H,16H2,1H3,(H,17,18). The number of nitrogen functional groups attached to an aromatic ring is 1. The molecule has 96 valence electrons. The molecule has 1 aromatic heterocycles. The van der Waals surface area contributed by atoms with Crippen LogP contribution in [0.1, 0.15) is 5.56 Å². The molecule has 2 aromatic carbocycles. The van der Waals surface area contributed by atoms with E-state index in [-0.39, 0.29) is 0 Å². The van der Waals surface area contributed by atoms with Gasteiger partial charge in [-0.15, -0.1) is 0 Å². The van der Waals surface area contributed by atoms with E-state index < -0.39 is 0 Å². The molecule has 0 atom stereocenters. The highest BCUT2D eigenvalue weighted by Gasteiger charge is 2.06. The summed E-state index contributed by atoms with van der Waals surface area (Å²) in [6, 6.07) is 11.8. The van der Waals surface area contributed by atoms with E-state index in [0.29, 0.717) is 17.3 Å². The molecule has 3 rings (SSSR count). The Hall–Kier alpha value is -2.01. The molecule has 0 aliphatic rings. The van der Waals surface area contributed by atoms with Gasteiger partial charge in [0.05, 0.1) is 0 Å². The number of aromatic nitrogens is 1. The fourth-order valence-electron chi connectivity index (χ4n) is 1.84. The molecule has 19 heavy (non-hydrogen) atoms. The van der Waals surface area contributed by atoms with Gasteiger partial charge in [0.2, 0.25) is 0 Å². The van der Waals surface area contributed by atoms with Gasteiger partial charge in [-0.2, -0.15) is 4.98 Å². The van der Waals surface area contributed by atoms with Gasteiger partial charge in [-0.3, -0.25) is 0 Å². The third-order valence-electron chi connectivity index (χ3n) is 2.82. The lowest BCUT2D eigenvalue weighted by atomic mass is 10.2. The quantitative estimate of drug-likeness (QED) is 0.694. The first-order valence-corrected chi connectivity index (χ1v) is 6.60. The number of nitrogens with one attached hydrogen (secondary N) is 1. The molecule has 0 aliphatic carbocycles. The van der Waals surface area contributed by atoms with E-state index in [1.807, 2.05) is 31.2 Å². The molecule has 3 N–H and O–H groups in total. The van der Waals surface area contributed by atoms with Crippen molar-refractivity contribution >= 4 is 44.4 Å². The summed E-state index contributed by atoms with van der Waals surface area (Å²) in [6.45, 7) is 2.03. The number of aryl methyl sites for hydroxylation is 1. The number of fused-ring (bicyclic) bond motifs is 1. The van der Waals surface area contributed by atoms with Gasteiger partial charge < -0.3 is 15.5 Å². The Bertz CT molecular complexity index is 752. The predicted molar refractivity (Wildman–Crippen MR) is 80.6 cm³/mol. The smallest absolute Gasteiger partial charge is 0.300 e. The molecule has 3 aromatic rings. The summed E-state index contributed by atoms with van der Waals surface area (Å²) in [5.74, 6) is 0. The molecule has 0 unspecified atom stereocenters. The number of oxazole rings is 1. The van der Waals surface area contributed by atoms with E-state index in [1.165, 1.54) is 0 Å². The fraction of sp³-hybridized carbons (Fsp3) is 0.0714. The molecular weight excluding hydrogens is 306 g/mol.